The summed E-state index contributed by atoms with van der Waals surface area (Å²) in [5.74, 6) is -0.672. The van der Waals surface area contributed by atoms with Crippen molar-refractivity contribution >= 4 is 18.1 Å². The zero-order valence-electron chi connectivity index (χ0n) is 15.8. The highest BCUT2D eigenvalue weighted by Gasteiger charge is 2.11. The summed E-state index contributed by atoms with van der Waals surface area (Å²) in [4.78, 5) is 25.9. The quantitative estimate of drug-likeness (QED) is 0.471. The van der Waals surface area contributed by atoms with E-state index in [0.717, 1.165) is 44.0 Å². The van der Waals surface area contributed by atoms with Crippen molar-refractivity contribution in [1.29, 1.82) is 0 Å². The molecule has 0 bridgehead atoms. The van der Waals surface area contributed by atoms with Gasteiger partial charge in [-0.1, -0.05) is 24.3 Å². The van der Waals surface area contributed by atoms with Crippen LogP contribution in [0.2, 0.25) is 0 Å². The van der Waals surface area contributed by atoms with Crippen molar-refractivity contribution in [1.82, 2.24) is 10.3 Å². The van der Waals surface area contributed by atoms with E-state index in [1.165, 1.54) is 13.3 Å². The van der Waals surface area contributed by atoms with Gasteiger partial charge in [-0.15, -0.1) is 0 Å². The van der Waals surface area contributed by atoms with Crippen molar-refractivity contribution in [2.24, 2.45) is 5.10 Å². The van der Waals surface area contributed by atoms with E-state index in [1.807, 2.05) is 12.1 Å². The van der Waals surface area contributed by atoms with E-state index in [1.54, 1.807) is 36.4 Å². The highest BCUT2D eigenvalue weighted by atomic mass is 16.5. The monoisotopic (exact) mass is 381 g/mol. The number of methoxy groups -OCH3 is 1. The third-order valence-corrected chi connectivity index (χ3v) is 4.44. The molecule has 0 saturated carbocycles. The van der Waals surface area contributed by atoms with Gasteiger partial charge < -0.3 is 9.47 Å². The zero-order valence-corrected chi connectivity index (χ0v) is 15.8. The lowest BCUT2D eigenvalue weighted by Crippen LogP contribution is -2.35. The van der Waals surface area contributed by atoms with Crippen LogP contribution in [-0.2, 0) is 16.0 Å². The van der Waals surface area contributed by atoms with Crippen LogP contribution in [0, 0.1) is 0 Å². The minimum Gasteiger partial charge on any atom is -0.465 e. The number of hydrogen-bond acceptors (Lipinski definition) is 6. The predicted octanol–water partition coefficient (Wildman–Crippen LogP) is 2.07. The zero-order chi connectivity index (χ0) is 19.8. The molecule has 7 nitrogen and oxygen atoms in total. The Hall–Kier alpha value is -3.03. The van der Waals surface area contributed by atoms with Crippen LogP contribution in [0.15, 0.2) is 53.6 Å². The maximum absolute atomic E-state index is 12.2. The molecule has 7 heteroatoms. The summed E-state index contributed by atoms with van der Waals surface area (Å²) in [7, 11) is 1.34. The normalized spacial score (nSPS) is 14.8. The molecule has 0 unspecified atom stereocenters. The Bertz CT molecular complexity index is 826. The fraction of sp³-hybridized carbons (Fsp3) is 0.286. The molecule has 0 aliphatic carbocycles. The second-order valence-electron chi connectivity index (χ2n) is 6.40. The van der Waals surface area contributed by atoms with Crippen LogP contribution in [0.25, 0.3) is 0 Å². The smallest absolute Gasteiger partial charge is 0.337 e. The molecule has 1 saturated heterocycles. The number of ether oxygens (including phenoxy) is 2. The first-order valence-electron chi connectivity index (χ1n) is 9.06. The van der Waals surface area contributed by atoms with E-state index < -0.39 is 5.97 Å². The Kier molecular flexibility index (Phi) is 6.89. The summed E-state index contributed by atoms with van der Waals surface area (Å²) < 4.78 is 10.0. The number of benzene rings is 2. The fourth-order valence-electron chi connectivity index (χ4n) is 2.83. The van der Waals surface area contributed by atoms with Gasteiger partial charge in [-0.05, 0) is 35.4 Å². The van der Waals surface area contributed by atoms with Crippen molar-refractivity contribution < 1.29 is 19.1 Å². The second-order valence-corrected chi connectivity index (χ2v) is 6.40. The maximum atomic E-state index is 12.2. The minimum atomic E-state index is -0.395. The molecule has 2 aromatic carbocycles. The summed E-state index contributed by atoms with van der Waals surface area (Å²) in [6.07, 6.45) is 1.52. The minimum absolute atomic E-state index is 0.277. The number of hydrazone groups is 1. The Balaban J connectivity index is 1.51. The summed E-state index contributed by atoms with van der Waals surface area (Å²) in [6.45, 7) is 4.24. The lowest BCUT2D eigenvalue weighted by atomic mass is 10.1. The lowest BCUT2D eigenvalue weighted by molar-refractivity contribution is 0.0342. The number of esters is 1. The third-order valence-electron chi connectivity index (χ3n) is 4.44. The first kappa shape index (κ1) is 19.7. The van der Waals surface area contributed by atoms with E-state index in [2.05, 4.69) is 20.2 Å². The molecule has 3 rings (SSSR count). The van der Waals surface area contributed by atoms with Gasteiger partial charge in [0.05, 0.1) is 32.1 Å². The number of morpholine rings is 1. The largest absolute Gasteiger partial charge is 0.465 e. The van der Waals surface area contributed by atoms with Gasteiger partial charge >= 0.3 is 5.97 Å². The molecule has 28 heavy (non-hydrogen) atoms. The third kappa shape index (κ3) is 5.48. The topological polar surface area (TPSA) is 80.2 Å². The van der Waals surface area contributed by atoms with Crippen LogP contribution < -0.4 is 5.43 Å². The molecule has 1 aliphatic rings. The highest BCUT2D eigenvalue weighted by molar-refractivity contribution is 5.95. The van der Waals surface area contributed by atoms with E-state index in [9.17, 15) is 9.59 Å². The fourth-order valence-corrected chi connectivity index (χ4v) is 2.83. The van der Waals surface area contributed by atoms with Crippen LogP contribution in [0.1, 0.15) is 31.8 Å². The summed E-state index contributed by atoms with van der Waals surface area (Å²) in [5.41, 5.74) is 5.43. The molecule has 1 fully saturated rings. The number of nitrogens with zero attached hydrogens (tertiary/aromatic N) is 2. The molecule has 0 radical (unpaired) electrons. The number of carbonyl (C=O) groups excluding carboxylic acids is 2. The van der Waals surface area contributed by atoms with Crippen LogP contribution in [0.5, 0.6) is 0 Å². The molecule has 1 heterocycles. The van der Waals surface area contributed by atoms with Gasteiger partial charge in [-0.2, -0.15) is 5.10 Å². The van der Waals surface area contributed by atoms with Gasteiger partial charge in [-0.3, -0.25) is 9.69 Å². The van der Waals surface area contributed by atoms with E-state index in [0.29, 0.717) is 11.1 Å². The van der Waals surface area contributed by atoms with E-state index in [4.69, 9.17) is 4.74 Å². The first-order valence-corrected chi connectivity index (χ1v) is 9.06. The van der Waals surface area contributed by atoms with Crippen molar-refractivity contribution in [2.75, 3.05) is 33.4 Å². The average Bonchev–Trinajstić information content (AvgIpc) is 2.75. The van der Waals surface area contributed by atoms with Gasteiger partial charge in [0.2, 0.25) is 0 Å². The summed E-state index contributed by atoms with van der Waals surface area (Å²) in [6, 6.07) is 14.2. The molecular formula is C21H23N3O4. The molecule has 1 amide bonds. The molecular weight excluding hydrogens is 358 g/mol. The second kappa shape index (κ2) is 9.77. The van der Waals surface area contributed by atoms with Crippen LogP contribution in [0.4, 0.5) is 0 Å². The van der Waals surface area contributed by atoms with Gasteiger partial charge in [0.1, 0.15) is 0 Å². The number of carbonyl (C=O) groups is 2. The molecule has 0 aromatic heterocycles. The Labute approximate surface area is 163 Å². The lowest BCUT2D eigenvalue weighted by Gasteiger charge is -2.26. The van der Waals surface area contributed by atoms with Gasteiger partial charge in [0.15, 0.2) is 0 Å². The van der Waals surface area contributed by atoms with Crippen molar-refractivity contribution in [3.05, 3.63) is 70.8 Å². The molecule has 146 valence electrons. The van der Waals surface area contributed by atoms with Gasteiger partial charge in [0, 0.05) is 25.2 Å². The molecule has 2 aromatic rings. The van der Waals surface area contributed by atoms with Gasteiger partial charge in [0.25, 0.3) is 5.91 Å². The molecule has 1 N–H and O–H groups in total. The summed E-state index contributed by atoms with van der Waals surface area (Å²) in [5, 5.41) is 3.97. The number of amides is 1. The molecule has 0 atom stereocenters. The Morgan fingerprint density at radius 3 is 2.36 bits per heavy atom. The van der Waals surface area contributed by atoms with Crippen molar-refractivity contribution in [3.8, 4) is 0 Å². The van der Waals surface area contributed by atoms with E-state index >= 15 is 0 Å². The van der Waals surface area contributed by atoms with Crippen LogP contribution in [-0.4, -0.2) is 56.4 Å². The van der Waals surface area contributed by atoms with Crippen molar-refractivity contribution in [2.45, 2.75) is 6.54 Å². The van der Waals surface area contributed by atoms with Crippen LogP contribution in [0.3, 0.4) is 0 Å². The molecule has 1 aliphatic heterocycles. The van der Waals surface area contributed by atoms with Crippen molar-refractivity contribution in [3.63, 3.8) is 0 Å². The first-order chi connectivity index (χ1) is 13.7. The SMILES string of the molecule is COC(=O)c1ccc(/C=N/NC(=O)c2ccc(CN3CCOCC3)cc2)cc1. The Morgan fingerprint density at radius 2 is 1.71 bits per heavy atom. The maximum Gasteiger partial charge on any atom is 0.337 e. The number of rotatable bonds is 6. The Morgan fingerprint density at radius 1 is 1.07 bits per heavy atom. The molecule has 0 spiro atoms. The number of hydrogen-bond donors (Lipinski definition) is 1. The van der Waals surface area contributed by atoms with E-state index in [-0.39, 0.29) is 5.91 Å². The summed E-state index contributed by atoms with van der Waals surface area (Å²) >= 11 is 0. The highest BCUT2D eigenvalue weighted by Crippen LogP contribution is 2.09. The van der Waals surface area contributed by atoms with Gasteiger partial charge in [-0.25, -0.2) is 10.2 Å². The van der Waals surface area contributed by atoms with Crippen LogP contribution >= 0.6 is 0 Å². The predicted molar refractivity (Wildman–Crippen MR) is 105 cm³/mol. The standard InChI is InChI=1S/C21H23N3O4/c1-27-21(26)19-8-2-16(3-9-19)14-22-23-20(25)18-6-4-17(5-7-18)15-24-10-12-28-13-11-24/h2-9,14H,10-13,15H2,1H3,(H,23,25)/b22-14+. The average molecular weight is 381 g/mol. The number of nitrogens with one attached hydrogen (secondary N) is 1.